The average molecular weight is 81.1 g/mol. The Balaban J connectivity index is 0. The van der Waals surface area contributed by atoms with Gasteiger partial charge in [0.1, 0.15) is 0 Å². The average Bonchev–Trinajstić information content (AvgIpc) is 0.811. The van der Waals surface area contributed by atoms with Crippen LogP contribution in [0.4, 0.5) is 4.11 Å². The minimum atomic E-state index is -3.63. The summed E-state index contributed by atoms with van der Waals surface area (Å²) in [6.45, 7) is 0. The molecular formula is H2FO2Si+. The van der Waals surface area contributed by atoms with Crippen molar-refractivity contribution in [1.29, 1.82) is 0 Å². The second kappa shape index (κ2) is 1.11. The number of halogens is 1. The lowest BCUT2D eigenvalue weighted by molar-refractivity contribution is 0.390. The van der Waals surface area contributed by atoms with Crippen LogP contribution in [-0.2, 0) is 4.46 Å². The Morgan fingerprint density at radius 1 is 2.25 bits per heavy atom. The molecule has 0 rings (SSSR count). The van der Waals surface area contributed by atoms with E-state index in [0.717, 1.165) is 0 Å². The third kappa shape index (κ3) is 15.2. The molecule has 1 N–H and O–H groups in total. The van der Waals surface area contributed by atoms with Gasteiger partial charge in [0.15, 0.2) is 0 Å². The SMILES string of the molecule is O=[Si](O)F.[H+]. The topological polar surface area (TPSA) is 37.3 Å². The highest BCUT2D eigenvalue weighted by atomic mass is 28.3. The second-order valence-corrected chi connectivity index (χ2v) is 0.759. The summed E-state index contributed by atoms with van der Waals surface area (Å²) in [5.41, 5.74) is 0. The summed E-state index contributed by atoms with van der Waals surface area (Å²) in [6, 6.07) is 0. The molecule has 0 spiro atoms. The van der Waals surface area contributed by atoms with E-state index in [2.05, 4.69) is 0 Å². The van der Waals surface area contributed by atoms with Gasteiger partial charge in [0.2, 0.25) is 0 Å². The summed E-state index contributed by atoms with van der Waals surface area (Å²) in [5, 5.41) is 0. The molecule has 0 fully saturated rings. The van der Waals surface area contributed by atoms with E-state index in [9.17, 15) is 4.11 Å². The van der Waals surface area contributed by atoms with E-state index < -0.39 is 9.26 Å². The second-order valence-electron chi connectivity index (χ2n) is 0.253. The first-order valence-corrected chi connectivity index (χ1v) is 1.85. The van der Waals surface area contributed by atoms with Crippen LogP contribution in [0.15, 0.2) is 0 Å². The standard InChI is InChI=1S/FHO2Si/c1-4(2)3/h2H/p+1. The quantitative estimate of drug-likeness (QED) is 0.314. The summed E-state index contributed by atoms with van der Waals surface area (Å²) >= 11 is 0. The molecule has 0 bridgehead atoms. The predicted molar refractivity (Wildman–Crippen MR) is 10.9 cm³/mol. The fraction of sp³-hybridized carbons (Fsp3) is 0. The number of hydrogen-bond acceptors (Lipinski definition) is 1. The molecule has 0 aliphatic rings. The minimum absolute atomic E-state index is 0. The molecule has 0 heterocycles. The smallest absolute Gasteiger partial charge is 0.517 e. The Bertz CT molecular complexity index is 32.6. The van der Waals surface area contributed by atoms with Crippen LogP contribution in [0.2, 0.25) is 0 Å². The van der Waals surface area contributed by atoms with Crippen molar-refractivity contribution >= 4 is 9.26 Å². The lowest BCUT2D eigenvalue weighted by Gasteiger charge is -1.49. The van der Waals surface area contributed by atoms with Gasteiger partial charge in [0.05, 0.1) is 0 Å². The highest BCUT2D eigenvalue weighted by molar-refractivity contribution is 6.23. The fourth-order valence-corrected chi connectivity index (χ4v) is 0. The molecule has 0 amide bonds. The zero-order chi connectivity index (χ0) is 3.58. The van der Waals surface area contributed by atoms with E-state index in [-0.39, 0.29) is 1.43 Å². The Morgan fingerprint density at radius 3 is 2.25 bits per heavy atom. The Labute approximate surface area is 25.3 Å². The van der Waals surface area contributed by atoms with E-state index >= 15 is 0 Å². The largest absolute Gasteiger partial charge is 1.00 e. The molecule has 0 unspecified atom stereocenters. The Morgan fingerprint density at radius 2 is 2.25 bits per heavy atom. The van der Waals surface area contributed by atoms with Crippen molar-refractivity contribution in [2.45, 2.75) is 0 Å². The molecule has 0 atom stereocenters. The van der Waals surface area contributed by atoms with Crippen molar-refractivity contribution in [2.24, 2.45) is 0 Å². The maximum Gasteiger partial charge on any atom is 1.00 e. The van der Waals surface area contributed by atoms with Gasteiger partial charge in [0.25, 0.3) is 0 Å². The van der Waals surface area contributed by atoms with Crippen LogP contribution >= 0.6 is 0 Å². The van der Waals surface area contributed by atoms with Gasteiger partial charge in [-0.2, -0.15) is 4.11 Å². The molecule has 0 radical (unpaired) electrons. The van der Waals surface area contributed by atoms with Crippen LogP contribution in [0, 0.1) is 0 Å². The van der Waals surface area contributed by atoms with Gasteiger partial charge in [-0.25, -0.2) is 0 Å². The third-order valence-corrected chi connectivity index (χ3v) is 0. The maximum atomic E-state index is 10.1. The summed E-state index contributed by atoms with van der Waals surface area (Å²) in [7, 11) is -3.63. The fourth-order valence-electron chi connectivity index (χ4n) is 0. The van der Waals surface area contributed by atoms with E-state index in [4.69, 9.17) is 9.26 Å². The van der Waals surface area contributed by atoms with Crippen LogP contribution in [0.1, 0.15) is 1.43 Å². The molecule has 4 heavy (non-hydrogen) atoms. The Kier molecular flexibility index (Phi) is 1.04. The maximum absolute atomic E-state index is 10.1. The summed E-state index contributed by atoms with van der Waals surface area (Å²) < 4.78 is 18.6. The molecule has 0 aromatic heterocycles. The van der Waals surface area contributed by atoms with Gasteiger partial charge in [0, 0.05) is 0 Å². The van der Waals surface area contributed by atoms with Crippen LogP contribution in [0.3, 0.4) is 0 Å². The summed E-state index contributed by atoms with van der Waals surface area (Å²) in [5.74, 6) is 0. The lowest BCUT2D eigenvalue weighted by atomic mass is 15.9. The molecule has 0 aliphatic heterocycles. The van der Waals surface area contributed by atoms with Gasteiger partial charge in [-0.3, -0.25) is 4.46 Å². The first-order valence-electron chi connectivity index (χ1n) is 0.617. The van der Waals surface area contributed by atoms with Crippen LogP contribution in [0.25, 0.3) is 0 Å². The van der Waals surface area contributed by atoms with Crippen molar-refractivity contribution in [1.82, 2.24) is 0 Å². The van der Waals surface area contributed by atoms with E-state index in [0.29, 0.717) is 0 Å². The molecule has 0 saturated heterocycles. The zero-order valence-corrected chi connectivity index (χ0v) is 2.73. The van der Waals surface area contributed by atoms with E-state index in [1.165, 1.54) is 0 Å². The van der Waals surface area contributed by atoms with Crippen molar-refractivity contribution < 1.29 is 14.8 Å². The van der Waals surface area contributed by atoms with Crippen molar-refractivity contribution in [3.05, 3.63) is 0 Å². The molecule has 0 aromatic rings. The van der Waals surface area contributed by atoms with Gasteiger partial charge in [-0.1, -0.05) is 0 Å². The molecule has 0 saturated carbocycles. The van der Waals surface area contributed by atoms with Gasteiger partial charge >= 0.3 is 10.7 Å². The first-order chi connectivity index (χ1) is 1.73. The van der Waals surface area contributed by atoms with Crippen LogP contribution < -0.4 is 0 Å². The van der Waals surface area contributed by atoms with Gasteiger partial charge < -0.3 is 4.80 Å². The minimum Gasteiger partial charge on any atom is -0.517 e. The third-order valence-electron chi connectivity index (χ3n) is 0. The van der Waals surface area contributed by atoms with Crippen LogP contribution in [0.5, 0.6) is 0 Å². The summed E-state index contributed by atoms with van der Waals surface area (Å²) in [4.78, 5) is 6.94. The monoisotopic (exact) mass is 81.0 g/mol. The Hall–Kier alpha value is -0.253. The molecule has 4 heteroatoms. The molecule has 0 aromatic carbocycles. The predicted octanol–water partition coefficient (Wildman–Crippen LogP) is -0.524. The van der Waals surface area contributed by atoms with E-state index in [1.54, 1.807) is 0 Å². The first kappa shape index (κ1) is 3.75. The zero-order valence-electron chi connectivity index (χ0n) is 2.73. The van der Waals surface area contributed by atoms with Crippen molar-refractivity contribution in [3.8, 4) is 0 Å². The number of rotatable bonds is 0. The van der Waals surface area contributed by atoms with E-state index in [1.807, 2.05) is 0 Å². The van der Waals surface area contributed by atoms with Gasteiger partial charge in [-0.15, -0.1) is 0 Å². The molecule has 0 aliphatic carbocycles. The highest BCUT2D eigenvalue weighted by Gasteiger charge is 1.87. The van der Waals surface area contributed by atoms with Crippen molar-refractivity contribution in [2.75, 3.05) is 0 Å². The molecule has 2 nitrogen and oxygen atoms in total. The normalized spacial score (nSPS) is 6.25. The van der Waals surface area contributed by atoms with Crippen LogP contribution in [-0.4, -0.2) is 14.1 Å². The number of hydrogen-bond donors (Lipinski definition) is 1. The highest BCUT2D eigenvalue weighted by Crippen LogP contribution is 1.46. The van der Waals surface area contributed by atoms with Gasteiger partial charge in [-0.05, 0) is 0 Å². The molecular weight excluding hydrogens is 79.1 g/mol. The summed E-state index contributed by atoms with van der Waals surface area (Å²) in [6.07, 6.45) is 0. The van der Waals surface area contributed by atoms with Crippen molar-refractivity contribution in [3.63, 3.8) is 0 Å². The lowest BCUT2D eigenvalue weighted by Crippen LogP contribution is -1.79. The molecule has 24 valence electrons.